The maximum absolute atomic E-state index is 13.3. The van der Waals surface area contributed by atoms with E-state index in [1.807, 2.05) is 11.8 Å². The number of anilines is 2. The lowest BCUT2D eigenvalue weighted by atomic mass is 9.90. The number of rotatable bonds is 1. The fourth-order valence-electron chi connectivity index (χ4n) is 3.77. The first-order chi connectivity index (χ1) is 9.48. The lowest BCUT2D eigenvalue weighted by Crippen LogP contribution is -2.55. The van der Waals surface area contributed by atoms with Gasteiger partial charge in [-0.15, -0.1) is 0 Å². The molecule has 1 N–H and O–H groups in total. The molecular weight excluding hydrogens is 265 g/mol. The zero-order valence-electron chi connectivity index (χ0n) is 11.6. The molecule has 0 amide bonds. The van der Waals surface area contributed by atoms with E-state index in [1.165, 1.54) is 12.1 Å². The summed E-state index contributed by atoms with van der Waals surface area (Å²) in [5.41, 5.74) is 0.300. The highest BCUT2D eigenvalue weighted by Gasteiger charge is 2.46. The van der Waals surface area contributed by atoms with Crippen LogP contribution in [0.4, 0.5) is 24.5 Å². The maximum Gasteiger partial charge on any atom is 0.418 e. The number of likely N-dealkylation sites (N-methyl/N-ethyl adjacent to an activating group) is 1. The Bertz CT molecular complexity index is 504. The average Bonchev–Trinajstić information content (AvgIpc) is 2.86. The van der Waals surface area contributed by atoms with Crippen molar-refractivity contribution in [2.75, 3.05) is 23.3 Å². The minimum Gasteiger partial charge on any atom is -0.381 e. The molecule has 2 nitrogen and oxygen atoms in total. The molecule has 3 rings (SSSR count). The third kappa shape index (κ3) is 1.95. The van der Waals surface area contributed by atoms with Gasteiger partial charge in [0.1, 0.15) is 0 Å². The molecule has 0 atom stereocenters. The number of nitrogens with one attached hydrogen (secondary N) is 1. The van der Waals surface area contributed by atoms with E-state index in [-0.39, 0.29) is 5.54 Å². The highest BCUT2D eigenvalue weighted by Crippen LogP contribution is 2.49. The molecule has 20 heavy (non-hydrogen) atoms. The molecule has 2 aliphatic rings. The molecule has 0 bridgehead atoms. The maximum atomic E-state index is 13.3. The van der Waals surface area contributed by atoms with E-state index >= 15 is 0 Å². The molecule has 110 valence electrons. The van der Waals surface area contributed by atoms with Gasteiger partial charge in [-0.05, 0) is 31.9 Å². The summed E-state index contributed by atoms with van der Waals surface area (Å²) in [4.78, 5) is 1.99. The van der Waals surface area contributed by atoms with Crippen LogP contribution in [-0.2, 0) is 6.18 Å². The van der Waals surface area contributed by atoms with Gasteiger partial charge in [-0.1, -0.05) is 18.9 Å². The highest BCUT2D eigenvalue weighted by molar-refractivity contribution is 5.78. The number of para-hydroxylation sites is 1. The first-order valence-corrected chi connectivity index (χ1v) is 7.20. The Labute approximate surface area is 117 Å². The van der Waals surface area contributed by atoms with E-state index < -0.39 is 11.7 Å². The predicted molar refractivity (Wildman–Crippen MR) is 74.2 cm³/mol. The monoisotopic (exact) mass is 284 g/mol. The van der Waals surface area contributed by atoms with Gasteiger partial charge >= 0.3 is 6.18 Å². The molecule has 1 heterocycles. The van der Waals surface area contributed by atoms with E-state index in [0.717, 1.165) is 32.2 Å². The standard InChI is InChI=1S/C15H19F3N2/c1-2-20-13-11(15(16,17)18)6-5-7-12(13)19-10-14(20)8-3-4-9-14/h5-7,19H,2-4,8-10H2,1H3. The molecule has 1 aromatic carbocycles. The van der Waals surface area contributed by atoms with Crippen molar-refractivity contribution < 1.29 is 13.2 Å². The van der Waals surface area contributed by atoms with Crippen molar-refractivity contribution in [1.29, 1.82) is 0 Å². The molecule has 1 aliphatic carbocycles. The molecule has 1 saturated carbocycles. The smallest absolute Gasteiger partial charge is 0.381 e. The van der Waals surface area contributed by atoms with Gasteiger partial charge in [0.25, 0.3) is 0 Å². The van der Waals surface area contributed by atoms with E-state index in [1.54, 1.807) is 6.07 Å². The van der Waals surface area contributed by atoms with Crippen molar-refractivity contribution in [2.24, 2.45) is 0 Å². The van der Waals surface area contributed by atoms with Crippen LogP contribution >= 0.6 is 0 Å². The van der Waals surface area contributed by atoms with Crippen LogP contribution < -0.4 is 10.2 Å². The third-order valence-corrected chi connectivity index (χ3v) is 4.64. The Hall–Kier alpha value is -1.39. The van der Waals surface area contributed by atoms with Crippen LogP contribution in [0.25, 0.3) is 0 Å². The summed E-state index contributed by atoms with van der Waals surface area (Å²) in [6.45, 7) is 3.30. The van der Waals surface area contributed by atoms with Crippen LogP contribution in [0.5, 0.6) is 0 Å². The van der Waals surface area contributed by atoms with Crippen molar-refractivity contribution in [3.05, 3.63) is 23.8 Å². The zero-order valence-corrected chi connectivity index (χ0v) is 11.6. The zero-order chi connectivity index (χ0) is 14.4. The molecule has 1 aromatic rings. The minimum atomic E-state index is -4.31. The number of fused-ring (bicyclic) bond motifs is 1. The van der Waals surface area contributed by atoms with Gasteiger partial charge in [0.15, 0.2) is 0 Å². The van der Waals surface area contributed by atoms with Gasteiger partial charge in [0, 0.05) is 13.1 Å². The fourth-order valence-corrected chi connectivity index (χ4v) is 3.77. The van der Waals surface area contributed by atoms with Crippen LogP contribution in [0.15, 0.2) is 18.2 Å². The Morgan fingerprint density at radius 1 is 1.25 bits per heavy atom. The number of hydrogen-bond acceptors (Lipinski definition) is 2. The Morgan fingerprint density at radius 3 is 2.55 bits per heavy atom. The van der Waals surface area contributed by atoms with Gasteiger partial charge in [-0.25, -0.2) is 0 Å². The second-order valence-corrected chi connectivity index (χ2v) is 5.73. The van der Waals surface area contributed by atoms with E-state index in [9.17, 15) is 13.2 Å². The quantitative estimate of drug-likeness (QED) is 0.828. The topological polar surface area (TPSA) is 15.3 Å². The molecule has 0 radical (unpaired) electrons. The second kappa shape index (κ2) is 4.57. The van der Waals surface area contributed by atoms with Crippen LogP contribution in [0.1, 0.15) is 38.2 Å². The SMILES string of the molecule is CCN1c2c(cccc2C(F)(F)F)NCC12CCCC2. The molecule has 5 heteroatoms. The number of alkyl halides is 3. The summed E-state index contributed by atoms with van der Waals surface area (Å²) in [5, 5.41) is 3.23. The van der Waals surface area contributed by atoms with Gasteiger partial charge in [0.2, 0.25) is 0 Å². The van der Waals surface area contributed by atoms with Crippen molar-refractivity contribution in [3.63, 3.8) is 0 Å². The molecular formula is C15H19F3N2. The number of nitrogens with zero attached hydrogens (tertiary/aromatic N) is 1. The normalized spacial score (nSPS) is 20.9. The molecule has 0 aromatic heterocycles. The van der Waals surface area contributed by atoms with Crippen molar-refractivity contribution in [2.45, 2.75) is 44.3 Å². The Kier molecular flexibility index (Phi) is 3.10. The molecule has 0 saturated heterocycles. The molecule has 1 spiro atoms. The van der Waals surface area contributed by atoms with Crippen LogP contribution in [0, 0.1) is 0 Å². The second-order valence-electron chi connectivity index (χ2n) is 5.73. The summed E-state index contributed by atoms with van der Waals surface area (Å²) in [6, 6.07) is 4.42. The van der Waals surface area contributed by atoms with Crippen LogP contribution in [0.3, 0.4) is 0 Å². The van der Waals surface area contributed by atoms with Gasteiger partial charge in [-0.2, -0.15) is 13.2 Å². The Morgan fingerprint density at radius 2 is 1.95 bits per heavy atom. The highest BCUT2D eigenvalue weighted by atomic mass is 19.4. The molecule has 1 fully saturated rings. The number of halogens is 3. The predicted octanol–water partition coefficient (Wildman–Crippen LogP) is 4.27. The van der Waals surface area contributed by atoms with Gasteiger partial charge in [-0.3, -0.25) is 0 Å². The lowest BCUT2D eigenvalue weighted by molar-refractivity contribution is -0.137. The molecule has 1 aliphatic heterocycles. The van der Waals surface area contributed by atoms with E-state index in [4.69, 9.17) is 0 Å². The number of hydrogen-bond donors (Lipinski definition) is 1. The van der Waals surface area contributed by atoms with E-state index in [0.29, 0.717) is 17.9 Å². The summed E-state index contributed by atoms with van der Waals surface area (Å²) < 4.78 is 39.9. The average molecular weight is 284 g/mol. The summed E-state index contributed by atoms with van der Waals surface area (Å²) in [5.74, 6) is 0. The lowest BCUT2D eigenvalue weighted by Gasteiger charge is -2.48. The van der Waals surface area contributed by atoms with Gasteiger partial charge in [0.05, 0.1) is 22.5 Å². The third-order valence-electron chi connectivity index (χ3n) is 4.64. The Balaban J connectivity index is 2.14. The summed E-state index contributed by atoms with van der Waals surface area (Å²) in [6.07, 6.45) is -0.167. The van der Waals surface area contributed by atoms with Crippen molar-refractivity contribution >= 4 is 11.4 Å². The first kappa shape index (κ1) is 13.6. The summed E-state index contributed by atoms with van der Waals surface area (Å²) in [7, 11) is 0. The summed E-state index contributed by atoms with van der Waals surface area (Å²) >= 11 is 0. The van der Waals surface area contributed by atoms with Crippen molar-refractivity contribution in [1.82, 2.24) is 0 Å². The van der Waals surface area contributed by atoms with E-state index in [2.05, 4.69) is 5.32 Å². The largest absolute Gasteiger partial charge is 0.418 e. The van der Waals surface area contributed by atoms with Crippen LogP contribution in [-0.4, -0.2) is 18.6 Å². The van der Waals surface area contributed by atoms with Crippen molar-refractivity contribution in [3.8, 4) is 0 Å². The van der Waals surface area contributed by atoms with Gasteiger partial charge < -0.3 is 10.2 Å². The fraction of sp³-hybridized carbons (Fsp3) is 0.600. The van der Waals surface area contributed by atoms with Crippen LogP contribution in [0.2, 0.25) is 0 Å². The molecule has 0 unspecified atom stereocenters. The number of benzene rings is 1. The first-order valence-electron chi connectivity index (χ1n) is 7.20. The minimum absolute atomic E-state index is 0.136.